The number of aliphatic hydroxyl groups is 2. The van der Waals surface area contributed by atoms with E-state index in [-0.39, 0.29) is 18.5 Å². The zero-order valence-electron chi connectivity index (χ0n) is 43.5. The Kier molecular flexibility index (Phi) is 53.5. The van der Waals surface area contributed by atoms with Crippen LogP contribution in [0.4, 0.5) is 0 Å². The second kappa shape index (κ2) is 54.5. The maximum atomic E-state index is 12.5. The van der Waals surface area contributed by atoms with Gasteiger partial charge in [0.25, 0.3) is 0 Å². The third kappa shape index (κ3) is 50.3. The number of amides is 1. The lowest BCUT2D eigenvalue weighted by molar-refractivity contribution is -0.143. The van der Waals surface area contributed by atoms with Gasteiger partial charge < -0.3 is 20.3 Å². The first-order chi connectivity index (χ1) is 31.5. The molecule has 0 bridgehead atoms. The molecule has 3 N–H and O–H groups in total. The molecule has 0 spiro atoms. The third-order valence-electron chi connectivity index (χ3n) is 13.9. The van der Waals surface area contributed by atoms with E-state index in [0.29, 0.717) is 25.9 Å². The number of hydrogen-bond acceptors (Lipinski definition) is 5. The van der Waals surface area contributed by atoms with Gasteiger partial charge in [-0.25, -0.2) is 0 Å². The minimum Gasteiger partial charge on any atom is -0.466 e. The van der Waals surface area contributed by atoms with Crippen LogP contribution in [-0.4, -0.2) is 47.4 Å². The van der Waals surface area contributed by atoms with E-state index in [9.17, 15) is 19.8 Å². The number of hydrogen-bond donors (Lipinski definition) is 3. The highest BCUT2D eigenvalue weighted by Gasteiger charge is 2.20. The Hall–Kier alpha value is -1.14. The topological polar surface area (TPSA) is 95.9 Å². The van der Waals surface area contributed by atoms with Gasteiger partial charge >= 0.3 is 5.97 Å². The van der Waals surface area contributed by atoms with Gasteiger partial charge in [0, 0.05) is 12.8 Å². The first kappa shape index (κ1) is 62.9. The molecule has 0 aromatic rings. The first-order valence-electron chi connectivity index (χ1n) is 29.3. The fourth-order valence-corrected chi connectivity index (χ4v) is 9.41. The maximum absolute atomic E-state index is 12.5. The summed E-state index contributed by atoms with van der Waals surface area (Å²) in [6, 6.07) is -0.552. The van der Waals surface area contributed by atoms with Gasteiger partial charge in [0.15, 0.2) is 0 Å². The van der Waals surface area contributed by atoms with Crippen LogP contribution in [0.3, 0.4) is 0 Å². The molecule has 2 atom stereocenters. The van der Waals surface area contributed by atoms with Crippen LogP contribution in [0.2, 0.25) is 0 Å². The fraction of sp³-hybridized carbons (Fsp3) is 0.966. The summed E-state index contributed by atoms with van der Waals surface area (Å²) in [6.45, 7) is 4.95. The summed E-state index contributed by atoms with van der Waals surface area (Å²) in [5.74, 6) is -0.0505. The number of carbonyl (C=O) groups excluding carboxylic acids is 2. The molecule has 0 rings (SSSR count). The van der Waals surface area contributed by atoms with E-state index in [4.69, 9.17) is 4.74 Å². The number of nitrogens with one attached hydrogen (secondary N) is 1. The number of aliphatic hydroxyl groups excluding tert-OH is 2. The fourth-order valence-electron chi connectivity index (χ4n) is 9.41. The monoisotopic (exact) mass is 906 g/mol. The molecule has 0 aliphatic heterocycles. The molecule has 0 aromatic carbocycles. The SMILES string of the molecule is CCCCCCCCCCCCCCCCCCCCC(O)C(CO)NC(=O)CCCCCCCCCCCCCCOC(=O)CCCCCCCCCCCCCCCCCCC. The van der Waals surface area contributed by atoms with Gasteiger partial charge in [0.05, 0.1) is 25.4 Å². The van der Waals surface area contributed by atoms with Crippen molar-refractivity contribution in [2.24, 2.45) is 0 Å². The van der Waals surface area contributed by atoms with Gasteiger partial charge in [0.2, 0.25) is 5.91 Å². The van der Waals surface area contributed by atoms with Crippen LogP contribution >= 0.6 is 0 Å². The van der Waals surface area contributed by atoms with Gasteiger partial charge in [-0.05, 0) is 25.7 Å². The molecular formula is C58H115NO5. The van der Waals surface area contributed by atoms with E-state index < -0.39 is 12.1 Å². The highest BCUT2D eigenvalue weighted by Crippen LogP contribution is 2.18. The van der Waals surface area contributed by atoms with Crippen LogP contribution in [0.25, 0.3) is 0 Å². The van der Waals surface area contributed by atoms with Crippen LogP contribution in [0.5, 0.6) is 0 Å². The van der Waals surface area contributed by atoms with E-state index >= 15 is 0 Å². The Morgan fingerprint density at radius 3 is 0.953 bits per heavy atom. The second-order valence-electron chi connectivity index (χ2n) is 20.3. The summed E-state index contributed by atoms with van der Waals surface area (Å²) in [4.78, 5) is 24.6. The molecule has 0 aliphatic rings. The number of unbranched alkanes of at least 4 members (excludes halogenated alkanes) is 44. The molecule has 1 amide bonds. The number of ether oxygens (including phenoxy) is 1. The van der Waals surface area contributed by atoms with Crippen LogP contribution in [0, 0.1) is 0 Å². The Morgan fingerprint density at radius 1 is 0.375 bits per heavy atom. The van der Waals surface area contributed by atoms with E-state index in [1.165, 1.54) is 244 Å². The maximum Gasteiger partial charge on any atom is 0.305 e. The summed E-state index contributed by atoms with van der Waals surface area (Å²) in [5, 5.41) is 23.3. The van der Waals surface area contributed by atoms with Crippen molar-refractivity contribution in [1.82, 2.24) is 5.32 Å². The lowest BCUT2D eigenvalue weighted by atomic mass is 10.0. The van der Waals surface area contributed by atoms with E-state index in [0.717, 1.165) is 57.8 Å². The average Bonchev–Trinajstić information content (AvgIpc) is 3.29. The molecule has 0 heterocycles. The van der Waals surface area contributed by atoms with Gasteiger partial charge in [-0.2, -0.15) is 0 Å². The quantitative estimate of drug-likeness (QED) is 0.0417. The number of rotatable bonds is 55. The van der Waals surface area contributed by atoms with Crippen molar-refractivity contribution in [2.75, 3.05) is 13.2 Å². The van der Waals surface area contributed by atoms with Gasteiger partial charge in [-0.1, -0.05) is 296 Å². The van der Waals surface area contributed by atoms with Gasteiger partial charge in [0.1, 0.15) is 0 Å². The Balaban J connectivity index is 3.42. The number of carbonyl (C=O) groups is 2. The Bertz CT molecular complexity index is 913. The van der Waals surface area contributed by atoms with Crippen LogP contribution in [0.1, 0.15) is 335 Å². The normalized spacial score (nSPS) is 12.5. The predicted octanol–water partition coefficient (Wildman–Crippen LogP) is 17.9. The van der Waals surface area contributed by atoms with Crippen molar-refractivity contribution in [3.8, 4) is 0 Å². The molecule has 6 nitrogen and oxygen atoms in total. The summed E-state index contributed by atoms with van der Waals surface area (Å²) in [5.41, 5.74) is 0. The largest absolute Gasteiger partial charge is 0.466 e. The Morgan fingerprint density at radius 2 is 0.641 bits per heavy atom. The molecule has 64 heavy (non-hydrogen) atoms. The first-order valence-corrected chi connectivity index (χ1v) is 29.3. The minimum absolute atomic E-state index is 0.00398. The molecule has 0 saturated heterocycles. The average molecular weight is 907 g/mol. The minimum atomic E-state index is -0.673. The summed E-state index contributed by atoms with van der Waals surface area (Å²) in [7, 11) is 0. The lowest BCUT2D eigenvalue weighted by Crippen LogP contribution is -2.45. The zero-order chi connectivity index (χ0) is 46.5. The molecule has 0 aliphatic carbocycles. The second-order valence-corrected chi connectivity index (χ2v) is 20.3. The highest BCUT2D eigenvalue weighted by molar-refractivity contribution is 5.76. The van der Waals surface area contributed by atoms with Crippen LogP contribution in [0.15, 0.2) is 0 Å². The lowest BCUT2D eigenvalue weighted by Gasteiger charge is -2.22. The molecule has 0 radical (unpaired) electrons. The molecule has 2 unspecified atom stereocenters. The van der Waals surface area contributed by atoms with Crippen molar-refractivity contribution in [2.45, 2.75) is 347 Å². The third-order valence-corrected chi connectivity index (χ3v) is 13.9. The summed E-state index contributed by atoms with van der Waals surface area (Å²) < 4.78 is 5.48. The van der Waals surface area contributed by atoms with Gasteiger partial charge in [-0.15, -0.1) is 0 Å². The molecule has 0 aromatic heterocycles. The molecule has 6 heteroatoms. The van der Waals surface area contributed by atoms with Crippen molar-refractivity contribution < 1.29 is 24.5 Å². The van der Waals surface area contributed by atoms with Crippen molar-refractivity contribution >= 4 is 11.9 Å². The van der Waals surface area contributed by atoms with Crippen molar-refractivity contribution in [3.63, 3.8) is 0 Å². The van der Waals surface area contributed by atoms with E-state index in [2.05, 4.69) is 19.2 Å². The molecular weight excluding hydrogens is 791 g/mol. The standard InChI is InChI=1S/C58H115NO5/c1-3-5-7-9-11-13-15-17-19-21-23-24-26-30-34-38-42-46-50-56(61)55(54-60)59-57(62)51-47-43-39-35-31-28-29-33-37-41-45-49-53-64-58(63)52-48-44-40-36-32-27-25-22-20-18-16-14-12-10-8-6-4-2/h55-56,60-61H,3-54H2,1-2H3,(H,59,62). The predicted molar refractivity (Wildman–Crippen MR) is 278 cm³/mol. The van der Waals surface area contributed by atoms with Gasteiger partial charge in [-0.3, -0.25) is 9.59 Å². The van der Waals surface area contributed by atoms with E-state index in [1.807, 2.05) is 0 Å². The molecule has 0 saturated carbocycles. The summed E-state index contributed by atoms with van der Waals surface area (Å²) in [6.07, 6.45) is 62.3. The zero-order valence-corrected chi connectivity index (χ0v) is 43.5. The molecule has 0 fully saturated rings. The summed E-state index contributed by atoms with van der Waals surface area (Å²) >= 11 is 0. The van der Waals surface area contributed by atoms with Crippen molar-refractivity contribution in [3.05, 3.63) is 0 Å². The smallest absolute Gasteiger partial charge is 0.305 e. The Labute approximate surface area is 400 Å². The van der Waals surface area contributed by atoms with Crippen LogP contribution in [-0.2, 0) is 14.3 Å². The number of esters is 1. The highest BCUT2D eigenvalue weighted by atomic mass is 16.5. The van der Waals surface area contributed by atoms with Crippen LogP contribution < -0.4 is 5.32 Å². The van der Waals surface area contributed by atoms with Crippen molar-refractivity contribution in [1.29, 1.82) is 0 Å². The van der Waals surface area contributed by atoms with E-state index in [1.54, 1.807) is 0 Å². The molecule has 382 valence electrons.